The Morgan fingerprint density at radius 3 is 1.58 bits per heavy atom. The minimum absolute atomic E-state index is 0.534. The third kappa shape index (κ3) is 4.42. The number of hydrogen-bond acceptors (Lipinski definition) is 0. The first kappa shape index (κ1) is 25.5. The van der Waals surface area contributed by atoms with Gasteiger partial charge in [-0.05, 0) is 0 Å². The molecule has 2 heteroatoms. The Bertz CT molecular complexity index is 1560. The fourth-order valence-corrected chi connectivity index (χ4v) is 31.4. The summed E-state index contributed by atoms with van der Waals surface area (Å²) in [6.45, 7) is 9.61. The molecule has 1 unspecified atom stereocenters. The molecule has 0 heterocycles. The zero-order valence-corrected chi connectivity index (χ0v) is 26.2. The molecule has 6 rings (SSSR count). The van der Waals surface area contributed by atoms with Gasteiger partial charge >= 0.3 is 237 Å². The van der Waals surface area contributed by atoms with E-state index in [9.17, 15) is 0 Å². The third-order valence-corrected chi connectivity index (χ3v) is 29.6. The molecule has 0 radical (unpaired) electrons. The van der Waals surface area contributed by atoms with Crippen LogP contribution in [0.1, 0.15) is 48.0 Å². The van der Waals surface area contributed by atoms with Crippen LogP contribution in [0.4, 0.5) is 0 Å². The van der Waals surface area contributed by atoms with Gasteiger partial charge in [-0.2, -0.15) is 0 Å². The number of rotatable bonds is 5. The molecule has 0 nitrogen and oxygen atoms in total. The van der Waals surface area contributed by atoms with Crippen molar-refractivity contribution < 1.29 is 20.4 Å². The van der Waals surface area contributed by atoms with Crippen molar-refractivity contribution in [3.63, 3.8) is 0 Å². The first-order chi connectivity index (χ1) is 18.6. The maximum absolute atomic E-state index is 2.70. The minimum atomic E-state index is -2.43. The molecule has 2 aliphatic carbocycles. The summed E-state index contributed by atoms with van der Waals surface area (Å²) >= 11 is -2.43. The Morgan fingerprint density at radius 1 is 0.553 bits per heavy atom. The molecular formula is C36H34SiZr. The SMILES string of the molecule is CC1=C(C)[CH]([Zr]([CH]2C=C(c3ccccc3)c3ccccc32)=[Si](c2ccccc2)c2ccccc2)C(C)=C1C. The van der Waals surface area contributed by atoms with Gasteiger partial charge in [0.25, 0.3) is 0 Å². The molecule has 0 saturated heterocycles. The van der Waals surface area contributed by atoms with Crippen molar-refractivity contribution in [2.75, 3.05) is 0 Å². The van der Waals surface area contributed by atoms with E-state index in [1.807, 2.05) is 0 Å². The molecule has 1 atom stereocenters. The van der Waals surface area contributed by atoms with Crippen molar-refractivity contribution in [1.29, 1.82) is 0 Å². The van der Waals surface area contributed by atoms with Gasteiger partial charge in [-0.25, -0.2) is 0 Å². The predicted molar refractivity (Wildman–Crippen MR) is 161 cm³/mol. The average molecular weight is 586 g/mol. The standard InChI is InChI=1S/C15H11.C12H10Si.C9H13.Zr/c1-2-6-12(7-3-1)15-11-10-13-8-4-5-9-14(13)15;1-3-7-11(8-4-1)13-12-9-5-2-6-10-12;1-6-5-7(2)9(4)8(6)3;/h1-11H;1-10H;5H,1-4H3;. The molecule has 0 saturated carbocycles. The first-order valence-electron chi connectivity index (χ1n) is 13.6. The fourth-order valence-electron chi connectivity index (χ4n) is 6.49. The summed E-state index contributed by atoms with van der Waals surface area (Å²) in [5.41, 5.74) is 11.2. The van der Waals surface area contributed by atoms with Crippen molar-refractivity contribution in [2.45, 2.75) is 34.9 Å². The van der Waals surface area contributed by atoms with Crippen LogP contribution in [0.2, 0.25) is 3.63 Å². The zero-order chi connectivity index (χ0) is 26.2. The Labute approximate surface area is 235 Å². The molecule has 186 valence electrons. The number of fused-ring (bicyclic) bond motifs is 1. The van der Waals surface area contributed by atoms with E-state index in [1.165, 1.54) is 27.8 Å². The van der Waals surface area contributed by atoms with Gasteiger partial charge in [-0.3, -0.25) is 0 Å². The van der Waals surface area contributed by atoms with Crippen molar-refractivity contribution in [3.05, 3.63) is 160 Å². The molecule has 0 fully saturated rings. The first-order valence-corrected chi connectivity index (χ1v) is 21.7. The molecule has 0 N–H and O–H groups in total. The fraction of sp³-hybridized carbons (Fsp3) is 0.167. The van der Waals surface area contributed by atoms with E-state index in [1.54, 1.807) is 27.1 Å². The van der Waals surface area contributed by atoms with E-state index < -0.39 is 25.8 Å². The second kappa shape index (κ2) is 10.8. The molecule has 0 aromatic heterocycles. The molecule has 0 amide bonds. The van der Waals surface area contributed by atoms with Crippen LogP contribution in [-0.4, -0.2) is 5.43 Å². The summed E-state index contributed by atoms with van der Waals surface area (Å²) in [4.78, 5) is 0. The van der Waals surface area contributed by atoms with Crippen LogP contribution < -0.4 is 10.4 Å². The van der Waals surface area contributed by atoms with Crippen LogP contribution in [0.3, 0.4) is 0 Å². The Kier molecular flexibility index (Phi) is 7.21. The van der Waals surface area contributed by atoms with Crippen molar-refractivity contribution in [2.24, 2.45) is 0 Å². The molecule has 0 spiro atoms. The van der Waals surface area contributed by atoms with Gasteiger partial charge in [-0.1, -0.05) is 0 Å². The topological polar surface area (TPSA) is 0 Å². The molecule has 2 aliphatic rings. The van der Waals surface area contributed by atoms with Crippen molar-refractivity contribution >= 4 is 21.4 Å². The van der Waals surface area contributed by atoms with Gasteiger partial charge in [0, 0.05) is 0 Å². The number of benzene rings is 4. The second-order valence-corrected chi connectivity index (χ2v) is 24.8. The summed E-state index contributed by atoms with van der Waals surface area (Å²) in [5, 5.41) is 3.17. The van der Waals surface area contributed by atoms with Crippen LogP contribution in [0.25, 0.3) is 5.57 Å². The van der Waals surface area contributed by atoms with Gasteiger partial charge in [-0.15, -0.1) is 0 Å². The normalized spacial score (nSPS) is 17.1. The van der Waals surface area contributed by atoms with Gasteiger partial charge < -0.3 is 0 Å². The summed E-state index contributed by atoms with van der Waals surface area (Å²) in [5.74, 6) is 0. The maximum atomic E-state index is 2.70. The summed E-state index contributed by atoms with van der Waals surface area (Å²) in [6.07, 6.45) is 2.70. The zero-order valence-electron chi connectivity index (χ0n) is 22.7. The Balaban J connectivity index is 1.72. The summed E-state index contributed by atoms with van der Waals surface area (Å²) < 4.78 is 1.16. The van der Waals surface area contributed by atoms with Crippen LogP contribution in [0, 0.1) is 0 Å². The van der Waals surface area contributed by atoms with E-state index in [4.69, 9.17) is 0 Å². The predicted octanol–water partition coefficient (Wildman–Crippen LogP) is 8.07. The van der Waals surface area contributed by atoms with E-state index in [-0.39, 0.29) is 0 Å². The van der Waals surface area contributed by atoms with Crippen LogP contribution in [0.5, 0.6) is 0 Å². The summed E-state index contributed by atoms with van der Waals surface area (Å²) in [7, 11) is 0. The van der Waals surface area contributed by atoms with E-state index in [0.29, 0.717) is 7.25 Å². The van der Waals surface area contributed by atoms with Crippen LogP contribution >= 0.6 is 0 Å². The van der Waals surface area contributed by atoms with E-state index in [0.717, 1.165) is 0 Å². The van der Waals surface area contributed by atoms with E-state index >= 15 is 0 Å². The summed E-state index contributed by atoms with van der Waals surface area (Å²) in [6, 6.07) is 43.4. The van der Waals surface area contributed by atoms with Crippen LogP contribution in [-0.2, 0) is 20.4 Å². The molecule has 38 heavy (non-hydrogen) atoms. The monoisotopic (exact) mass is 584 g/mol. The Morgan fingerprint density at radius 2 is 1.03 bits per heavy atom. The van der Waals surface area contributed by atoms with Gasteiger partial charge in [0.2, 0.25) is 0 Å². The van der Waals surface area contributed by atoms with Gasteiger partial charge in [0.15, 0.2) is 0 Å². The molecule has 4 aromatic rings. The quantitative estimate of drug-likeness (QED) is 0.208. The van der Waals surface area contributed by atoms with Crippen molar-refractivity contribution in [1.82, 2.24) is 0 Å². The van der Waals surface area contributed by atoms with Crippen molar-refractivity contribution in [3.8, 4) is 0 Å². The number of allylic oxidation sites excluding steroid dienone is 5. The Hall–Kier alpha value is -2.80. The van der Waals surface area contributed by atoms with Gasteiger partial charge in [0.05, 0.1) is 0 Å². The van der Waals surface area contributed by atoms with Crippen LogP contribution in [0.15, 0.2) is 144 Å². The second-order valence-electron chi connectivity index (χ2n) is 10.6. The van der Waals surface area contributed by atoms with Gasteiger partial charge in [0.1, 0.15) is 0 Å². The number of hydrogen-bond donors (Lipinski definition) is 0. The third-order valence-electron chi connectivity index (χ3n) is 8.68. The average Bonchev–Trinajstić information content (AvgIpc) is 3.44. The molecular weight excluding hydrogens is 552 g/mol. The van der Waals surface area contributed by atoms with E-state index in [2.05, 4.69) is 149 Å². The molecule has 0 bridgehead atoms. The molecule has 0 aliphatic heterocycles. The molecule has 4 aromatic carbocycles.